The maximum absolute atomic E-state index is 12.0. The second-order valence-electron chi connectivity index (χ2n) is 4.71. The maximum atomic E-state index is 12.0. The van der Waals surface area contributed by atoms with E-state index in [9.17, 15) is 4.79 Å². The van der Waals surface area contributed by atoms with Crippen molar-refractivity contribution in [3.63, 3.8) is 0 Å². The first-order valence-corrected chi connectivity index (χ1v) is 6.53. The number of thioether (sulfide) groups is 1. The first kappa shape index (κ1) is 12.9. The molecule has 1 aromatic carbocycles. The molecule has 1 amide bonds. The lowest BCUT2D eigenvalue weighted by atomic mass is 10.1. The lowest BCUT2D eigenvalue weighted by Crippen LogP contribution is -2.38. The fraction of sp³-hybridized carbons (Fsp3) is 0.286. The Morgan fingerprint density at radius 1 is 1.33 bits per heavy atom. The summed E-state index contributed by atoms with van der Waals surface area (Å²) in [7, 11) is 1.93. The van der Waals surface area contributed by atoms with Gasteiger partial charge in [-0.05, 0) is 26.0 Å². The van der Waals surface area contributed by atoms with Crippen LogP contribution in [0.2, 0.25) is 0 Å². The van der Waals surface area contributed by atoms with E-state index in [0.29, 0.717) is 10.7 Å². The van der Waals surface area contributed by atoms with Crippen LogP contribution < -0.4 is 0 Å². The number of hydrogen-bond acceptors (Lipinski definition) is 2. The van der Waals surface area contributed by atoms with E-state index in [1.165, 1.54) is 11.8 Å². The Balaban J connectivity index is 2.26. The third-order valence-electron chi connectivity index (χ3n) is 3.24. The Kier molecular flexibility index (Phi) is 3.30. The largest absolute Gasteiger partial charge is 0.344 e. The van der Waals surface area contributed by atoms with Gasteiger partial charge in [-0.25, -0.2) is 0 Å². The van der Waals surface area contributed by atoms with Gasteiger partial charge in [-0.1, -0.05) is 36.5 Å². The molecular weight excluding hydrogens is 244 g/mol. The fourth-order valence-corrected chi connectivity index (χ4v) is 2.66. The minimum Gasteiger partial charge on any atom is -0.344 e. The summed E-state index contributed by atoms with van der Waals surface area (Å²) in [6.45, 7) is 8.15. The number of likely N-dealkylation sites (N-methyl/N-ethyl adjacent to an activating group) is 1. The van der Waals surface area contributed by atoms with Crippen molar-refractivity contribution in [3.8, 4) is 0 Å². The van der Waals surface area contributed by atoms with Crippen molar-refractivity contribution >= 4 is 22.8 Å². The molecule has 0 spiro atoms. The smallest absolute Gasteiger partial charge is 0.279 e. The number of nitrogens with zero attached hydrogens (tertiary/aromatic N) is 2. The van der Waals surface area contributed by atoms with E-state index in [1.807, 2.05) is 30.1 Å². The van der Waals surface area contributed by atoms with Gasteiger partial charge in [-0.15, -0.1) is 0 Å². The fourth-order valence-electron chi connectivity index (χ4n) is 1.56. The Morgan fingerprint density at radius 2 is 1.94 bits per heavy atom. The third-order valence-corrected chi connectivity index (χ3v) is 4.53. The van der Waals surface area contributed by atoms with Crippen LogP contribution in [0.5, 0.6) is 0 Å². The van der Waals surface area contributed by atoms with Crippen LogP contribution >= 0.6 is 11.8 Å². The van der Waals surface area contributed by atoms with Gasteiger partial charge < -0.3 is 4.90 Å². The third kappa shape index (κ3) is 2.20. The molecule has 0 N–H and O–H groups in total. The van der Waals surface area contributed by atoms with E-state index >= 15 is 0 Å². The van der Waals surface area contributed by atoms with Gasteiger partial charge in [0.2, 0.25) is 0 Å². The number of aliphatic imine (C=N–C) groups is 1. The molecule has 0 bridgehead atoms. The zero-order valence-electron chi connectivity index (χ0n) is 10.8. The summed E-state index contributed by atoms with van der Waals surface area (Å²) in [5.74, 6) is -0.213. The summed E-state index contributed by atoms with van der Waals surface area (Å²) in [5.41, 5.74) is 0.440. The second-order valence-corrected chi connectivity index (χ2v) is 5.77. The van der Waals surface area contributed by atoms with Gasteiger partial charge in [-0.3, -0.25) is 4.79 Å². The highest BCUT2D eigenvalue weighted by molar-refractivity contribution is 8.17. The lowest BCUT2D eigenvalue weighted by molar-refractivity contribution is 0.100. The number of amides is 1. The summed E-state index contributed by atoms with van der Waals surface area (Å²) in [5, 5.41) is 0.707. The van der Waals surface area contributed by atoms with Crippen LogP contribution in [-0.4, -0.2) is 28.6 Å². The molecular formula is C14H16N2OS. The summed E-state index contributed by atoms with van der Waals surface area (Å²) >= 11 is 1.46. The van der Waals surface area contributed by atoms with Crippen LogP contribution in [-0.2, 0) is 0 Å². The van der Waals surface area contributed by atoms with E-state index in [1.54, 1.807) is 12.1 Å². The first-order chi connectivity index (χ1) is 8.43. The van der Waals surface area contributed by atoms with Crippen molar-refractivity contribution in [1.82, 2.24) is 4.90 Å². The molecule has 1 fully saturated rings. The molecule has 1 saturated heterocycles. The van der Waals surface area contributed by atoms with Crippen molar-refractivity contribution in [2.45, 2.75) is 19.4 Å². The van der Waals surface area contributed by atoms with Gasteiger partial charge in [0.05, 0.1) is 5.54 Å². The van der Waals surface area contributed by atoms with Crippen LogP contribution in [0.4, 0.5) is 0 Å². The standard InChI is InChI=1S/C14H16N2OS/c1-10-14(2,3)16(4)13(18-10)15-12(17)11-8-6-5-7-9-11/h5-9H,1H2,2-4H3. The molecule has 0 saturated carbocycles. The van der Waals surface area contributed by atoms with Gasteiger partial charge >= 0.3 is 0 Å². The van der Waals surface area contributed by atoms with E-state index < -0.39 is 0 Å². The Hall–Kier alpha value is -1.55. The molecule has 1 aromatic rings. The Bertz CT molecular complexity index is 520. The predicted molar refractivity (Wildman–Crippen MR) is 76.8 cm³/mol. The molecule has 4 heteroatoms. The first-order valence-electron chi connectivity index (χ1n) is 5.72. The zero-order chi connectivity index (χ0) is 13.3. The van der Waals surface area contributed by atoms with Crippen molar-refractivity contribution < 1.29 is 4.79 Å². The summed E-state index contributed by atoms with van der Waals surface area (Å²) in [4.78, 5) is 19.2. The van der Waals surface area contributed by atoms with Gasteiger partial charge in [0.1, 0.15) is 0 Å². The van der Waals surface area contributed by atoms with Crippen molar-refractivity contribution in [3.05, 3.63) is 47.4 Å². The Labute approximate surface area is 112 Å². The van der Waals surface area contributed by atoms with Crippen LogP contribution in [0.1, 0.15) is 24.2 Å². The monoisotopic (exact) mass is 260 g/mol. The molecule has 0 aromatic heterocycles. The van der Waals surface area contributed by atoms with E-state index in [0.717, 1.165) is 4.91 Å². The molecule has 1 aliphatic heterocycles. The highest BCUT2D eigenvalue weighted by Gasteiger charge is 2.38. The van der Waals surface area contributed by atoms with E-state index in [-0.39, 0.29) is 11.4 Å². The average molecular weight is 260 g/mol. The van der Waals surface area contributed by atoms with Crippen molar-refractivity contribution in [1.29, 1.82) is 0 Å². The van der Waals surface area contributed by atoms with Crippen LogP contribution in [0.15, 0.2) is 46.8 Å². The second kappa shape index (κ2) is 4.61. The van der Waals surface area contributed by atoms with Crippen LogP contribution in [0, 0.1) is 0 Å². The molecule has 18 heavy (non-hydrogen) atoms. The molecule has 94 valence electrons. The minimum atomic E-state index is -0.213. The molecule has 0 radical (unpaired) electrons. The lowest BCUT2D eigenvalue weighted by Gasteiger charge is -2.28. The van der Waals surface area contributed by atoms with Crippen molar-refractivity contribution in [2.75, 3.05) is 7.05 Å². The Morgan fingerprint density at radius 3 is 2.44 bits per heavy atom. The number of hydrogen-bond donors (Lipinski definition) is 0. The molecule has 0 aliphatic carbocycles. The van der Waals surface area contributed by atoms with Gasteiger partial charge in [-0.2, -0.15) is 4.99 Å². The zero-order valence-corrected chi connectivity index (χ0v) is 11.6. The molecule has 3 nitrogen and oxygen atoms in total. The SMILES string of the molecule is C=C1SC(=NC(=O)c2ccccc2)N(C)C1(C)C. The summed E-state index contributed by atoms with van der Waals surface area (Å²) in [6.07, 6.45) is 0. The number of carbonyl (C=O) groups is 1. The van der Waals surface area contributed by atoms with E-state index in [4.69, 9.17) is 0 Å². The average Bonchev–Trinajstić information content (AvgIpc) is 2.54. The van der Waals surface area contributed by atoms with Gasteiger partial charge in [0, 0.05) is 17.5 Å². The predicted octanol–water partition coefficient (Wildman–Crippen LogP) is 3.15. The van der Waals surface area contributed by atoms with E-state index in [2.05, 4.69) is 25.4 Å². The number of carbonyl (C=O) groups excluding carboxylic acids is 1. The van der Waals surface area contributed by atoms with Crippen LogP contribution in [0.25, 0.3) is 0 Å². The number of amidine groups is 1. The quantitative estimate of drug-likeness (QED) is 0.777. The minimum absolute atomic E-state index is 0.166. The number of benzene rings is 1. The maximum Gasteiger partial charge on any atom is 0.279 e. The molecule has 1 heterocycles. The van der Waals surface area contributed by atoms with Gasteiger partial charge in [0.15, 0.2) is 5.17 Å². The molecule has 2 rings (SSSR count). The highest BCUT2D eigenvalue weighted by atomic mass is 32.2. The summed E-state index contributed by atoms with van der Waals surface area (Å²) in [6, 6.07) is 9.09. The van der Waals surface area contributed by atoms with Crippen LogP contribution in [0.3, 0.4) is 0 Å². The topological polar surface area (TPSA) is 32.7 Å². The molecule has 1 aliphatic rings. The highest BCUT2D eigenvalue weighted by Crippen LogP contribution is 2.40. The molecule has 0 unspecified atom stereocenters. The number of rotatable bonds is 1. The summed E-state index contributed by atoms with van der Waals surface area (Å²) < 4.78 is 0. The normalized spacial score (nSPS) is 20.5. The molecule has 0 atom stereocenters. The van der Waals surface area contributed by atoms with Gasteiger partial charge in [0.25, 0.3) is 5.91 Å². The van der Waals surface area contributed by atoms with Crippen molar-refractivity contribution in [2.24, 2.45) is 4.99 Å².